The van der Waals surface area contributed by atoms with E-state index in [1.165, 1.54) is 0 Å². The molecule has 5 nitrogen and oxygen atoms in total. The van der Waals surface area contributed by atoms with Crippen LogP contribution in [0.25, 0.3) is 0 Å². The summed E-state index contributed by atoms with van der Waals surface area (Å²) in [4.78, 5) is 37.5. The SMILES string of the molecule is O=C(CN1C(=O)C2CC=CCC2C1=O)OCc1ccc(Cl)c(Cl)c1. The molecule has 0 aromatic heterocycles. The van der Waals surface area contributed by atoms with Crippen molar-refractivity contribution in [2.45, 2.75) is 19.4 Å². The number of likely N-dealkylation sites (tertiary alicyclic amines) is 1. The maximum atomic E-state index is 12.3. The third kappa shape index (κ3) is 3.32. The molecule has 1 saturated heterocycles. The fraction of sp³-hybridized carbons (Fsp3) is 0.353. The van der Waals surface area contributed by atoms with Gasteiger partial charge in [0.1, 0.15) is 13.2 Å². The summed E-state index contributed by atoms with van der Waals surface area (Å²) in [6.07, 6.45) is 4.89. The Morgan fingerprint density at radius 2 is 1.71 bits per heavy atom. The summed E-state index contributed by atoms with van der Waals surface area (Å²) >= 11 is 11.7. The molecule has 24 heavy (non-hydrogen) atoms. The number of hydrogen-bond acceptors (Lipinski definition) is 4. The van der Waals surface area contributed by atoms with Crippen molar-refractivity contribution in [3.05, 3.63) is 46.0 Å². The summed E-state index contributed by atoms with van der Waals surface area (Å²) in [6, 6.07) is 4.90. The van der Waals surface area contributed by atoms with Crippen molar-refractivity contribution in [3.63, 3.8) is 0 Å². The van der Waals surface area contributed by atoms with Crippen LogP contribution in [0.2, 0.25) is 10.0 Å². The minimum Gasteiger partial charge on any atom is -0.459 e. The molecule has 1 aromatic rings. The average molecular weight is 368 g/mol. The van der Waals surface area contributed by atoms with Crippen LogP contribution in [0.1, 0.15) is 18.4 Å². The number of carbonyl (C=O) groups is 3. The van der Waals surface area contributed by atoms with Gasteiger partial charge in [0, 0.05) is 0 Å². The van der Waals surface area contributed by atoms with Crippen LogP contribution < -0.4 is 0 Å². The first-order valence-electron chi connectivity index (χ1n) is 7.57. The van der Waals surface area contributed by atoms with E-state index in [4.69, 9.17) is 27.9 Å². The van der Waals surface area contributed by atoms with Gasteiger partial charge >= 0.3 is 5.97 Å². The molecule has 1 fully saturated rings. The van der Waals surface area contributed by atoms with E-state index >= 15 is 0 Å². The highest BCUT2D eigenvalue weighted by Gasteiger charge is 2.47. The van der Waals surface area contributed by atoms with Crippen molar-refractivity contribution in [1.82, 2.24) is 4.90 Å². The molecule has 7 heteroatoms. The zero-order valence-corrected chi connectivity index (χ0v) is 14.2. The number of nitrogens with zero attached hydrogens (tertiary/aromatic N) is 1. The lowest BCUT2D eigenvalue weighted by Gasteiger charge is -2.14. The Morgan fingerprint density at radius 3 is 2.29 bits per heavy atom. The Labute approximate surface area is 149 Å². The summed E-state index contributed by atoms with van der Waals surface area (Å²) in [5.41, 5.74) is 0.676. The number of esters is 1. The van der Waals surface area contributed by atoms with Crippen LogP contribution in [0.15, 0.2) is 30.4 Å². The van der Waals surface area contributed by atoms with Gasteiger partial charge in [-0.2, -0.15) is 0 Å². The van der Waals surface area contributed by atoms with Gasteiger partial charge in [-0.05, 0) is 30.5 Å². The second-order valence-corrected chi connectivity index (χ2v) is 6.64. The average Bonchev–Trinajstić information content (AvgIpc) is 2.81. The molecule has 1 heterocycles. The molecule has 0 radical (unpaired) electrons. The largest absolute Gasteiger partial charge is 0.459 e. The highest BCUT2D eigenvalue weighted by atomic mass is 35.5. The highest BCUT2D eigenvalue weighted by Crippen LogP contribution is 2.34. The molecule has 3 rings (SSSR count). The summed E-state index contributed by atoms with van der Waals surface area (Å²) in [7, 11) is 0. The van der Waals surface area contributed by atoms with Gasteiger partial charge in [-0.3, -0.25) is 19.3 Å². The van der Waals surface area contributed by atoms with Gasteiger partial charge in [-0.1, -0.05) is 41.4 Å². The molecule has 2 amide bonds. The Morgan fingerprint density at radius 1 is 1.08 bits per heavy atom. The third-order valence-electron chi connectivity index (χ3n) is 4.27. The normalized spacial score (nSPS) is 22.7. The van der Waals surface area contributed by atoms with Gasteiger partial charge in [-0.15, -0.1) is 0 Å². The fourth-order valence-electron chi connectivity index (χ4n) is 2.99. The number of carbonyl (C=O) groups excluding carboxylic acids is 3. The predicted molar refractivity (Wildman–Crippen MR) is 88.3 cm³/mol. The van der Waals surface area contributed by atoms with Crippen LogP contribution in [-0.4, -0.2) is 29.2 Å². The van der Waals surface area contributed by atoms with Crippen molar-refractivity contribution < 1.29 is 19.1 Å². The topological polar surface area (TPSA) is 63.7 Å². The lowest BCUT2D eigenvalue weighted by atomic mass is 9.85. The molecule has 0 spiro atoms. The minimum absolute atomic E-state index is 0.000353. The second-order valence-electron chi connectivity index (χ2n) is 5.83. The van der Waals surface area contributed by atoms with Crippen LogP contribution >= 0.6 is 23.2 Å². The van der Waals surface area contributed by atoms with Gasteiger partial charge in [0.15, 0.2) is 0 Å². The number of allylic oxidation sites excluding steroid dienone is 2. The Kier molecular flexibility index (Phi) is 4.92. The standard InChI is InChI=1S/C17H15Cl2NO4/c18-13-6-5-10(7-14(13)19)9-24-15(21)8-20-16(22)11-3-1-2-4-12(11)17(20)23/h1-2,5-7,11-12H,3-4,8-9H2. The summed E-state index contributed by atoms with van der Waals surface area (Å²) in [6.45, 7) is -0.355. The van der Waals surface area contributed by atoms with Crippen LogP contribution in [0.3, 0.4) is 0 Å². The lowest BCUT2D eigenvalue weighted by molar-refractivity contribution is -0.153. The Balaban J connectivity index is 1.58. The van der Waals surface area contributed by atoms with Crippen molar-refractivity contribution in [3.8, 4) is 0 Å². The number of benzene rings is 1. The molecule has 2 aliphatic rings. The third-order valence-corrected chi connectivity index (χ3v) is 5.01. The first kappa shape index (κ1) is 17.0. The van der Waals surface area contributed by atoms with Crippen LogP contribution in [0, 0.1) is 11.8 Å². The summed E-state index contributed by atoms with van der Waals surface area (Å²) < 4.78 is 5.13. The molecule has 2 atom stereocenters. The number of fused-ring (bicyclic) bond motifs is 1. The Hall–Kier alpha value is -1.85. The fourth-order valence-corrected chi connectivity index (χ4v) is 3.31. The number of hydrogen-bond donors (Lipinski definition) is 0. The summed E-state index contributed by atoms with van der Waals surface area (Å²) in [5.74, 6) is -1.90. The number of imide groups is 1. The first-order valence-corrected chi connectivity index (χ1v) is 8.32. The molecule has 126 valence electrons. The maximum absolute atomic E-state index is 12.3. The number of amides is 2. The number of ether oxygens (including phenoxy) is 1. The zero-order valence-electron chi connectivity index (χ0n) is 12.7. The second kappa shape index (κ2) is 6.95. The van der Waals surface area contributed by atoms with E-state index in [0.717, 1.165) is 4.90 Å². The van der Waals surface area contributed by atoms with Gasteiger partial charge in [0.2, 0.25) is 11.8 Å². The molecular weight excluding hydrogens is 353 g/mol. The van der Waals surface area contributed by atoms with Crippen LogP contribution in [0.5, 0.6) is 0 Å². The van der Waals surface area contributed by atoms with Crippen molar-refractivity contribution in [1.29, 1.82) is 0 Å². The monoisotopic (exact) mass is 367 g/mol. The molecular formula is C17H15Cl2NO4. The van der Waals surface area contributed by atoms with Gasteiger partial charge in [-0.25, -0.2) is 0 Å². The molecule has 2 unspecified atom stereocenters. The quantitative estimate of drug-likeness (QED) is 0.466. The number of rotatable bonds is 4. The molecule has 1 aliphatic carbocycles. The van der Waals surface area contributed by atoms with Gasteiger partial charge < -0.3 is 4.74 Å². The van der Waals surface area contributed by atoms with E-state index in [2.05, 4.69) is 0 Å². The molecule has 1 aromatic carbocycles. The van der Waals surface area contributed by atoms with E-state index in [-0.39, 0.29) is 36.8 Å². The van der Waals surface area contributed by atoms with Crippen molar-refractivity contribution >= 4 is 41.0 Å². The van der Waals surface area contributed by atoms with E-state index < -0.39 is 5.97 Å². The van der Waals surface area contributed by atoms with Crippen molar-refractivity contribution in [2.75, 3.05) is 6.54 Å². The zero-order chi connectivity index (χ0) is 17.3. The van der Waals surface area contributed by atoms with Gasteiger partial charge in [0.25, 0.3) is 0 Å². The predicted octanol–water partition coefficient (Wildman–Crippen LogP) is 2.99. The Bertz CT molecular complexity index is 705. The lowest BCUT2D eigenvalue weighted by Crippen LogP contribution is -2.36. The van der Waals surface area contributed by atoms with Crippen LogP contribution in [0.4, 0.5) is 0 Å². The smallest absolute Gasteiger partial charge is 0.326 e. The van der Waals surface area contributed by atoms with E-state index in [0.29, 0.717) is 28.5 Å². The molecule has 0 bridgehead atoms. The van der Waals surface area contributed by atoms with E-state index in [9.17, 15) is 14.4 Å². The summed E-state index contributed by atoms with van der Waals surface area (Å²) in [5, 5.41) is 0.780. The van der Waals surface area contributed by atoms with Gasteiger partial charge in [0.05, 0.1) is 21.9 Å². The van der Waals surface area contributed by atoms with E-state index in [1.54, 1.807) is 18.2 Å². The van der Waals surface area contributed by atoms with Crippen LogP contribution in [-0.2, 0) is 25.7 Å². The number of halogens is 2. The van der Waals surface area contributed by atoms with E-state index in [1.807, 2.05) is 12.2 Å². The minimum atomic E-state index is -0.630. The maximum Gasteiger partial charge on any atom is 0.326 e. The first-order chi connectivity index (χ1) is 11.5. The highest BCUT2D eigenvalue weighted by molar-refractivity contribution is 6.42. The molecule has 1 aliphatic heterocycles. The van der Waals surface area contributed by atoms with Crippen molar-refractivity contribution in [2.24, 2.45) is 11.8 Å². The molecule has 0 N–H and O–H groups in total. The molecule has 0 saturated carbocycles.